The molecular weight excluding hydrogens is 242 g/mol. The fraction of sp³-hybridized carbons (Fsp3) is 0.467. The first-order chi connectivity index (χ1) is 9.19. The monoisotopic (exact) mass is 261 g/mol. The Morgan fingerprint density at radius 2 is 2.11 bits per heavy atom. The van der Waals surface area contributed by atoms with E-state index >= 15 is 0 Å². The van der Waals surface area contributed by atoms with Crippen LogP contribution in [-0.2, 0) is 19.7 Å². The minimum absolute atomic E-state index is 0.00195. The summed E-state index contributed by atoms with van der Waals surface area (Å²) in [5.74, 6) is -0.245. The van der Waals surface area contributed by atoms with E-state index in [4.69, 9.17) is 4.74 Å². The maximum Gasteiger partial charge on any atom is 0.318 e. The average Bonchev–Trinajstić information content (AvgIpc) is 2.63. The number of amides is 1. The smallest absolute Gasteiger partial charge is 0.318 e. The Bertz CT molecular complexity index is 458. The topological polar surface area (TPSA) is 55.4 Å². The lowest BCUT2D eigenvalue weighted by Crippen LogP contribution is -2.45. The van der Waals surface area contributed by atoms with E-state index in [9.17, 15) is 9.59 Å². The summed E-state index contributed by atoms with van der Waals surface area (Å²) in [6, 6.07) is 9.58. The average molecular weight is 261 g/mol. The normalized spacial score (nSPS) is 23.3. The molecule has 0 radical (unpaired) electrons. The van der Waals surface area contributed by atoms with Crippen molar-refractivity contribution in [3.8, 4) is 0 Å². The largest absolute Gasteiger partial charge is 0.465 e. The first kappa shape index (κ1) is 13.6. The molecule has 1 unspecified atom stereocenters. The van der Waals surface area contributed by atoms with Crippen LogP contribution in [0.15, 0.2) is 30.3 Å². The molecule has 4 nitrogen and oxygen atoms in total. The van der Waals surface area contributed by atoms with Gasteiger partial charge in [0.2, 0.25) is 5.91 Å². The van der Waals surface area contributed by atoms with Crippen LogP contribution in [0.3, 0.4) is 0 Å². The molecule has 2 rings (SSSR count). The summed E-state index contributed by atoms with van der Waals surface area (Å²) in [6.45, 7) is 2.46. The highest BCUT2D eigenvalue weighted by atomic mass is 16.5. The molecular formula is C15H19NO3. The zero-order chi connectivity index (χ0) is 13.7. The number of hydrogen-bond acceptors (Lipinski definition) is 3. The predicted molar refractivity (Wildman–Crippen MR) is 71.6 cm³/mol. The van der Waals surface area contributed by atoms with Gasteiger partial charge in [0, 0.05) is 13.0 Å². The fourth-order valence-corrected chi connectivity index (χ4v) is 2.54. The van der Waals surface area contributed by atoms with Crippen molar-refractivity contribution < 1.29 is 14.3 Å². The van der Waals surface area contributed by atoms with Crippen molar-refractivity contribution in [1.29, 1.82) is 0 Å². The van der Waals surface area contributed by atoms with E-state index in [1.54, 1.807) is 6.92 Å². The standard InChI is InChI=1S/C15H19NO3/c1-2-19-14(18)15(12-7-4-3-5-8-12)10-6-9-13(17)16-11-15/h3-5,7-8H,2,6,9-11H2,1H3,(H,16,17). The second-order valence-corrected chi connectivity index (χ2v) is 4.80. The van der Waals surface area contributed by atoms with Crippen LogP contribution in [-0.4, -0.2) is 25.0 Å². The second-order valence-electron chi connectivity index (χ2n) is 4.80. The third-order valence-electron chi connectivity index (χ3n) is 3.59. The third kappa shape index (κ3) is 2.78. The quantitative estimate of drug-likeness (QED) is 0.844. The van der Waals surface area contributed by atoms with E-state index < -0.39 is 5.41 Å². The summed E-state index contributed by atoms with van der Waals surface area (Å²) >= 11 is 0. The van der Waals surface area contributed by atoms with Crippen molar-refractivity contribution >= 4 is 11.9 Å². The first-order valence-electron chi connectivity index (χ1n) is 6.68. The molecule has 0 bridgehead atoms. The zero-order valence-corrected chi connectivity index (χ0v) is 11.1. The summed E-state index contributed by atoms with van der Waals surface area (Å²) in [6.07, 6.45) is 1.79. The predicted octanol–water partition coefficient (Wildman–Crippen LogP) is 1.79. The first-order valence-corrected chi connectivity index (χ1v) is 6.68. The van der Waals surface area contributed by atoms with Gasteiger partial charge in [0.15, 0.2) is 0 Å². The molecule has 1 saturated heterocycles. The van der Waals surface area contributed by atoms with Crippen molar-refractivity contribution in [2.45, 2.75) is 31.6 Å². The molecule has 0 spiro atoms. The summed E-state index contributed by atoms with van der Waals surface area (Å²) in [4.78, 5) is 23.9. The van der Waals surface area contributed by atoms with Gasteiger partial charge in [0.05, 0.1) is 6.61 Å². The van der Waals surface area contributed by atoms with Gasteiger partial charge in [-0.15, -0.1) is 0 Å². The molecule has 0 saturated carbocycles. The molecule has 1 N–H and O–H groups in total. The van der Waals surface area contributed by atoms with Crippen LogP contribution in [0.25, 0.3) is 0 Å². The Morgan fingerprint density at radius 1 is 1.37 bits per heavy atom. The Hall–Kier alpha value is -1.84. The van der Waals surface area contributed by atoms with Gasteiger partial charge in [0.25, 0.3) is 0 Å². The van der Waals surface area contributed by atoms with Crippen LogP contribution in [0.1, 0.15) is 31.7 Å². The van der Waals surface area contributed by atoms with Crippen molar-refractivity contribution in [2.75, 3.05) is 13.2 Å². The molecule has 102 valence electrons. The summed E-state index contributed by atoms with van der Waals surface area (Å²) in [5.41, 5.74) is 0.166. The molecule has 1 atom stereocenters. The fourth-order valence-electron chi connectivity index (χ4n) is 2.54. The number of benzene rings is 1. The zero-order valence-electron chi connectivity index (χ0n) is 11.1. The van der Waals surface area contributed by atoms with Crippen molar-refractivity contribution in [3.63, 3.8) is 0 Å². The van der Waals surface area contributed by atoms with E-state index in [0.29, 0.717) is 32.4 Å². The number of esters is 1. The molecule has 1 amide bonds. The highest BCUT2D eigenvalue weighted by Crippen LogP contribution is 2.32. The van der Waals surface area contributed by atoms with Crippen molar-refractivity contribution in [1.82, 2.24) is 5.32 Å². The van der Waals surface area contributed by atoms with Crippen molar-refractivity contribution in [2.24, 2.45) is 0 Å². The van der Waals surface area contributed by atoms with Gasteiger partial charge in [-0.1, -0.05) is 30.3 Å². The Morgan fingerprint density at radius 3 is 2.79 bits per heavy atom. The van der Waals surface area contributed by atoms with Crippen LogP contribution >= 0.6 is 0 Å². The Balaban J connectivity index is 2.37. The molecule has 1 heterocycles. The molecule has 0 aromatic heterocycles. The number of carbonyl (C=O) groups is 2. The van der Waals surface area contributed by atoms with Crippen LogP contribution < -0.4 is 5.32 Å². The lowest BCUT2D eigenvalue weighted by molar-refractivity contribution is -0.150. The summed E-state index contributed by atoms with van der Waals surface area (Å²) < 4.78 is 5.24. The highest BCUT2D eigenvalue weighted by molar-refractivity contribution is 5.86. The van der Waals surface area contributed by atoms with Gasteiger partial charge in [-0.25, -0.2) is 0 Å². The summed E-state index contributed by atoms with van der Waals surface area (Å²) in [7, 11) is 0. The third-order valence-corrected chi connectivity index (χ3v) is 3.59. The number of ether oxygens (including phenoxy) is 1. The molecule has 1 aliphatic heterocycles. The van der Waals surface area contributed by atoms with Crippen LogP contribution in [0, 0.1) is 0 Å². The van der Waals surface area contributed by atoms with E-state index in [1.807, 2.05) is 30.3 Å². The van der Waals surface area contributed by atoms with Crippen molar-refractivity contribution in [3.05, 3.63) is 35.9 Å². The van der Waals surface area contributed by atoms with E-state index in [2.05, 4.69) is 5.32 Å². The van der Waals surface area contributed by atoms with Gasteiger partial charge < -0.3 is 10.1 Å². The lowest BCUT2D eigenvalue weighted by Gasteiger charge is -2.30. The Kier molecular flexibility index (Phi) is 4.20. The maximum atomic E-state index is 12.4. The number of rotatable bonds is 3. The molecule has 1 aromatic carbocycles. The molecule has 1 aromatic rings. The van der Waals surface area contributed by atoms with E-state index in [0.717, 1.165) is 5.56 Å². The molecule has 1 aliphatic rings. The van der Waals surface area contributed by atoms with Gasteiger partial charge in [0.1, 0.15) is 5.41 Å². The molecule has 1 fully saturated rings. The van der Waals surface area contributed by atoms with Crippen LogP contribution in [0.2, 0.25) is 0 Å². The van der Waals surface area contributed by atoms with Gasteiger partial charge in [-0.3, -0.25) is 9.59 Å². The minimum atomic E-state index is -0.747. The molecule has 0 aliphatic carbocycles. The van der Waals surface area contributed by atoms with Gasteiger partial charge >= 0.3 is 5.97 Å². The number of carbonyl (C=O) groups excluding carboxylic acids is 2. The van der Waals surface area contributed by atoms with Crippen LogP contribution in [0.5, 0.6) is 0 Å². The molecule has 19 heavy (non-hydrogen) atoms. The number of hydrogen-bond donors (Lipinski definition) is 1. The minimum Gasteiger partial charge on any atom is -0.465 e. The van der Waals surface area contributed by atoms with E-state index in [-0.39, 0.29) is 11.9 Å². The van der Waals surface area contributed by atoms with Crippen LogP contribution in [0.4, 0.5) is 0 Å². The number of nitrogens with one attached hydrogen (secondary N) is 1. The van der Waals surface area contributed by atoms with E-state index in [1.165, 1.54) is 0 Å². The van der Waals surface area contributed by atoms with Gasteiger partial charge in [-0.05, 0) is 25.3 Å². The Labute approximate surface area is 113 Å². The highest BCUT2D eigenvalue weighted by Gasteiger charge is 2.42. The van der Waals surface area contributed by atoms with Gasteiger partial charge in [-0.2, -0.15) is 0 Å². The second kappa shape index (κ2) is 5.87. The lowest BCUT2D eigenvalue weighted by atomic mass is 9.77. The summed E-state index contributed by atoms with van der Waals surface area (Å²) in [5, 5.41) is 2.83. The SMILES string of the molecule is CCOC(=O)C1(c2ccccc2)CCCC(=O)NC1. The molecule has 4 heteroatoms. The maximum absolute atomic E-state index is 12.4.